The molecule has 13 heteroatoms. The van der Waals surface area contributed by atoms with E-state index in [1.165, 1.54) is 25.4 Å². The monoisotopic (exact) mass is 479 g/mol. The maximum atomic E-state index is 15.4. The SMILES string of the molecule is COc1cc(OC)c(F)c(N(Cc2ncn[nH]2)c2ccc3ncc(-c4cnn(C)c4)nc3n2)c1F. The molecule has 0 bridgehead atoms. The molecular formula is C22H19F2N9O2. The molecule has 35 heavy (non-hydrogen) atoms. The predicted molar refractivity (Wildman–Crippen MR) is 121 cm³/mol. The highest BCUT2D eigenvalue weighted by atomic mass is 19.1. The Bertz CT molecular complexity index is 1480. The van der Waals surface area contributed by atoms with Gasteiger partial charge in [0.05, 0.1) is 38.9 Å². The molecule has 5 aromatic rings. The second-order valence-electron chi connectivity index (χ2n) is 7.45. The van der Waals surface area contributed by atoms with E-state index < -0.39 is 17.3 Å². The Kier molecular flexibility index (Phi) is 5.65. The molecule has 0 saturated heterocycles. The molecule has 178 valence electrons. The molecule has 0 fully saturated rings. The molecular weight excluding hydrogens is 460 g/mol. The number of aromatic nitrogens is 8. The molecule has 0 atom stereocenters. The molecule has 1 N–H and O–H groups in total. The summed E-state index contributed by atoms with van der Waals surface area (Å²) >= 11 is 0. The molecule has 4 aromatic heterocycles. The van der Waals surface area contributed by atoms with Crippen LogP contribution in [0.1, 0.15) is 5.82 Å². The van der Waals surface area contributed by atoms with Crippen LogP contribution >= 0.6 is 0 Å². The Balaban J connectivity index is 1.68. The third-order valence-electron chi connectivity index (χ3n) is 5.26. The number of aryl methyl sites for hydroxylation is 1. The molecule has 0 aliphatic heterocycles. The number of nitrogens with zero attached hydrogens (tertiary/aromatic N) is 8. The fraction of sp³-hybridized carbons (Fsp3) is 0.182. The first-order valence-corrected chi connectivity index (χ1v) is 10.3. The van der Waals surface area contributed by atoms with E-state index in [2.05, 4.69) is 35.2 Å². The van der Waals surface area contributed by atoms with Gasteiger partial charge in [0.1, 0.15) is 29.2 Å². The molecule has 0 spiro atoms. The van der Waals surface area contributed by atoms with Gasteiger partial charge in [0.25, 0.3) is 0 Å². The summed E-state index contributed by atoms with van der Waals surface area (Å²) in [7, 11) is 4.36. The lowest BCUT2D eigenvalue weighted by molar-refractivity contribution is 0.358. The van der Waals surface area contributed by atoms with Crippen molar-refractivity contribution >= 4 is 22.7 Å². The number of hydrogen-bond donors (Lipinski definition) is 1. The van der Waals surface area contributed by atoms with Gasteiger partial charge in [-0.3, -0.25) is 14.8 Å². The van der Waals surface area contributed by atoms with Crippen molar-refractivity contribution in [1.29, 1.82) is 0 Å². The summed E-state index contributed by atoms with van der Waals surface area (Å²) in [6, 6.07) is 4.39. The first-order chi connectivity index (χ1) is 17.0. The van der Waals surface area contributed by atoms with E-state index in [1.807, 2.05) is 0 Å². The molecule has 0 aliphatic rings. The zero-order chi connectivity index (χ0) is 24.5. The number of hydrogen-bond acceptors (Lipinski definition) is 9. The second-order valence-corrected chi connectivity index (χ2v) is 7.45. The third kappa shape index (κ3) is 4.07. The number of fused-ring (bicyclic) bond motifs is 1. The highest BCUT2D eigenvalue weighted by Crippen LogP contribution is 2.40. The van der Waals surface area contributed by atoms with Crippen molar-refractivity contribution in [1.82, 2.24) is 39.9 Å². The average molecular weight is 479 g/mol. The molecule has 11 nitrogen and oxygen atoms in total. The number of halogens is 2. The zero-order valence-corrected chi connectivity index (χ0v) is 18.9. The minimum Gasteiger partial charge on any atom is -0.493 e. The Morgan fingerprint density at radius 1 is 1.03 bits per heavy atom. The van der Waals surface area contributed by atoms with Gasteiger partial charge in [-0.25, -0.2) is 23.7 Å². The third-order valence-corrected chi connectivity index (χ3v) is 5.26. The van der Waals surface area contributed by atoms with Gasteiger partial charge < -0.3 is 14.4 Å². The Morgan fingerprint density at radius 2 is 1.80 bits per heavy atom. The average Bonchev–Trinajstić information content (AvgIpc) is 3.55. The van der Waals surface area contributed by atoms with E-state index in [0.717, 1.165) is 11.6 Å². The van der Waals surface area contributed by atoms with Gasteiger partial charge in [0.15, 0.2) is 28.8 Å². The smallest absolute Gasteiger partial charge is 0.191 e. The fourth-order valence-corrected chi connectivity index (χ4v) is 3.57. The standard InChI is InChI=1S/C22H19F2N9O2/c1-32-9-12(7-28-32)14-8-25-13-4-5-18(30-22(13)29-14)33(10-17-26-11-27-31-17)21-19(23)15(34-2)6-16(35-3)20(21)24/h4-9,11H,10H2,1-3H3,(H,26,27,31). The van der Waals surface area contributed by atoms with Crippen molar-refractivity contribution in [2.75, 3.05) is 19.1 Å². The van der Waals surface area contributed by atoms with Crippen molar-refractivity contribution in [3.8, 4) is 22.8 Å². The first-order valence-electron chi connectivity index (χ1n) is 10.3. The lowest BCUT2D eigenvalue weighted by Gasteiger charge is -2.25. The van der Waals surface area contributed by atoms with E-state index >= 15 is 8.78 Å². The number of pyridine rings is 1. The van der Waals surface area contributed by atoms with Crippen molar-refractivity contribution in [3.63, 3.8) is 0 Å². The van der Waals surface area contributed by atoms with Crippen LogP contribution in [-0.2, 0) is 13.6 Å². The number of ether oxygens (including phenoxy) is 2. The predicted octanol–water partition coefficient (Wildman–Crippen LogP) is 3.18. The maximum absolute atomic E-state index is 15.4. The fourth-order valence-electron chi connectivity index (χ4n) is 3.57. The number of aromatic amines is 1. The van der Waals surface area contributed by atoms with Gasteiger partial charge in [0, 0.05) is 24.9 Å². The van der Waals surface area contributed by atoms with E-state index in [1.54, 1.807) is 42.5 Å². The Hall–Kier alpha value is -4.68. The second kappa shape index (κ2) is 8.93. The normalized spacial score (nSPS) is 11.1. The largest absolute Gasteiger partial charge is 0.493 e. The van der Waals surface area contributed by atoms with E-state index in [9.17, 15) is 0 Å². The van der Waals surface area contributed by atoms with Gasteiger partial charge in [-0.05, 0) is 12.1 Å². The molecule has 0 unspecified atom stereocenters. The van der Waals surface area contributed by atoms with Crippen LogP contribution in [0, 0.1) is 11.6 Å². The highest BCUT2D eigenvalue weighted by molar-refractivity contribution is 5.77. The molecule has 0 aliphatic carbocycles. The summed E-state index contributed by atoms with van der Waals surface area (Å²) < 4.78 is 42.7. The van der Waals surface area contributed by atoms with Crippen LogP contribution in [0.4, 0.5) is 20.3 Å². The topological polar surface area (TPSA) is 120 Å². The molecule has 1 aromatic carbocycles. The minimum atomic E-state index is -0.928. The number of methoxy groups -OCH3 is 2. The summed E-state index contributed by atoms with van der Waals surface area (Å²) in [6.07, 6.45) is 6.36. The molecule has 5 rings (SSSR count). The van der Waals surface area contributed by atoms with Gasteiger partial charge in [0.2, 0.25) is 0 Å². The number of H-pyrrole nitrogens is 1. The van der Waals surface area contributed by atoms with Crippen molar-refractivity contribution < 1.29 is 18.3 Å². The van der Waals surface area contributed by atoms with E-state index in [-0.39, 0.29) is 29.5 Å². The van der Waals surface area contributed by atoms with Crippen molar-refractivity contribution in [2.24, 2.45) is 7.05 Å². The number of rotatable bonds is 7. The van der Waals surface area contributed by atoms with Gasteiger partial charge in [-0.2, -0.15) is 10.2 Å². The maximum Gasteiger partial charge on any atom is 0.191 e. The number of nitrogens with one attached hydrogen (secondary N) is 1. The molecule has 0 amide bonds. The van der Waals surface area contributed by atoms with Crippen molar-refractivity contribution in [3.05, 3.63) is 60.6 Å². The molecule has 0 radical (unpaired) electrons. The minimum absolute atomic E-state index is 0.0849. The van der Waals surface area contributed by atoms with Crippen LogP contribution in [0.2, 0.25) is 0 Å². The summed E-state index contributed by atoms with van der Waals surface area (Å²) in [5.41, 5.74) is 1.66. The summed E-state index contributed by atoms with van der Waals surface area (Å²) in [5, 5.41) is 10.7. The molecule has 4 heterocycles. The van der Waals surface area contributed by atoms with Crippen LogP contribution in [0.15, 0.2) is 43.1 Å². The van der Waals surface area contributed by atoms with Gasteiger partial charge in [-0.15, -0.1) is 0 Å². The van der Waals surface area contributed by atoms with Crippen LogP contribution in [-0.4, -0.2) is 54.1 Å². The van der Waals surface area contributed by atoms with Gasteiger partial charge >= 0.3 is 0 Å². The summed E-state index contributed by atoms with van der Waals surface area (Å²) in [6.45, 7) is -0.0849. The number of benzene rings is 1. The van der Waals surface area contributed by atoms with Crippen molar-refractivity contribution in [2.45, 2.75) is 6.54 Å². The lowest BCUT2D eigenvalue weighted by atomic mass is 10.2. The van der Waals surface area contributed by atoms with Crippen LogP contribution in [0.25, 0.3) is 22.4 Å². The molecule has 0 saturated carbocycles. The first kappa shape index (κ1) is 22.1. The quantitative estimate of drug-likeness (QED) is 0.375. The van der Waals surface area contributed by atoms with Crippen LogP contribution < -0.4 is 14.4 Å². The lowest BCUT2D eigenvalue weighted by Crippen LogP contribution is -2.22. The van der Waals surface area contributed by atoms with Crippen LogP contribution in [0.3, 0.4) is 0 Å². The van der Waals surface area contributed by atoms with E-state index in [0.29, 0.717) is 17.0 Å². The number of anilines is 2. The summed E-state index contributed by atoms with van der Waals surface area (Å²) in [5.74, 6) is -1.70. The van der Waals surface area contributed by atoms with Gasteiger partial charge in [-0.1, -0.05) is 0 Å². The van der Waals surface area contributed by atoms with E-state index in [4.69, 9.17) is 9.47 Å². The Morgan fingerprint density at radius 3 is 2.43 bits per heavy atom. The summed E-state index contributed by atoms with van der Waals surface area (Å²) in [4.78, 5) is 18.9. The highest BCUT2D eigenvalue weighted by Gasteiger charge is 2.27. The Labute approximate surface area is 197 Å². The zero-order valence-electron chi connectivity index (χ0n) is 18.9. The van der Waals surface area contributed by atoms with Crippen LogP contribution in [0.5, 0.6) is 11.5 Å².